The maximum absolute atomic E-state index is 13.1. The minimum Gasteiger partial charge on any atom is -0.477 e. The molecular weight excluding hydrogens is 534 g/mol. The van der Waals surface area contributed by atoms with Crippen molar-refractivity contribution < 1.29 is 34.0 Å². The largest absolute Gasteiger partial charge is 0.477 e. The lowest BCUT2D eigenvalue weighted by atomic mass is 10.0. The minimum absolute atomic E-state index is 0.0829. The molecule has 2 atom stereocenters. The molecule has 2 aliphatic rings. The first-order valence-electron chi connectivity index (χ1n) is 11.4. The van der Waals surface area contributed by atoms with Gasteiger partial charge in [0.15, 0.2) is 23.6 Å². The number of nitrogens with zero attached hydrogens (tertiary/aromatic N) is 5. The van der Waals surface area contributed by atoms with E-state index in [2.05, 4.69) is 15.5 Å². The van der Waals surface area contributed by atoms with E-state index in [1.54, 1.807) is 5.38 Å². The van der Waals surface area contributed by atoms with Crippen LogP contribution < -0.4 is 15.6 Å². The molecule has 5 rings (SSSR count). The number of carbonyl (C=O) groups excluding carboxylic acids is 2. The fraction of sp³-hybridized carbons (Fsp3) is 0.304. The highest BCUT2D eigenvalue weighted by Crippen LogP contribution is 2.40. The third-order valence-electron chi connectivity index (χ3n) is 6.42. The van der Waals surface area contributed by atoms with Gasteiger partial charge in [-0.25, -0.2) is 9.78 Å². The summed E-state index contributed by atoms with van der Waals surface area (Å²) in [4.78, 5) is 48.4. The number of aliphatic hydroxyl groups is 1. The summed E-state index contributed by atoms with van der Waals surface area (Å²) in [7, 11) is 1.28. The number of carboxylic acids is 1. The number of hydrogen-bond acceptors (Lipinski definition) is 10. The average molecular weight is 559 g/mol. The molecule has 15 heteroatoms. The zero-order valence-corrected chi connectivity index (χ0v) is 22.0. The molecular formula is C23H24N7O6S2+. The Labute approximate surface area is 224 Å². The van der Waals surface area contributed by atoms with Gasteiger partial charge in [-0.15, -0.1) is 23.1 Å². The Morgan fingerprint density at radius 2 is 2.18 bits per heavy atom. The van der Waals surface area contributed by atoms with Crippen LogP contribution in [0.5, 0.6) is 0 Å². The zero-order chi connectivity index (χ0) is 27.1. The summed E-state index contributed by atoms with van der Waals surface area (Å²) in [6.45, 7) is 2.07. The molecule has 0 bridgehead atoms. The number of anilines is 1. The van der Waals surface area contributed by atoms with Crippen molar-refractivity contribution in [1.82, 2.24) is 19.6 Å². The fourth-order valence-corrected chi connectivity index (χ4v) is 6.46. The number of nitrogens with two attached hydrogens (primary N) is 1. The molecule has 5 N–H and O–H groups in total. The molecule has 1 fully saturated rings. The maximum atomic E-state index is 13.1. The lowest BCUT2D eigenvalue weighted by molar-refractivity contribution is -0.694. The zero-order valence-electron chi connectivity index (χ0n) is 20.3. The van der Waals surface area contributed by atoms with Crippen molar-refractivity contribution in [2.75, 3.05) is 18.6 Å². The number of hydrogen-bond donors (Lipinski definition) is 4. The summed E-state index contributed by atoms with van der Waals surface area (Å²) >= 11 is 2.50. The van der Waals surface area contributed by atoms with E-state index >= 15 is 0 Å². The van der Waals surface area contributed by atoms with Crippen molar-refractivity contribution in [3.8, 4) is 0 Å². The standard InChI is InChI=1S/C23H23N7O6S2/c1-11-15-4-3-13(8-31)29(15)6-5-28(11)7-12-9-37-21-17(20(33)30(21)18(12)22(34)35)26-19(32)16(27-36-2)14-10-38-23(24)25-14/h3-6,10,17,21,31H,7-9H2,1-2H3,(H3-,24,25,26,32,34,35)/p+1/t17-,21+/m1/s1. The minimum atomic E-state index is -1.22. The number of oxime groups is 1. The molecule has 2 aliphatic heterocycles. The van der Waals surface area contributed by atoms with Crippen LogP contribution in [-0.4, -0.2) is 72.3 Å². The molecule has 5 heterocycles. The van der Waals surface area contributed by atoms with Gasteiger partial charge in [0, 0.05) is 29.3 Å². The molecule has 0 aromatic carbocycles. The number of rotatable bonds is 8. The number of aryl methyl sites for hydroxylation is 1. The maximum Gasteiger partial charge on any atom is 0.352 e. The van der Waals surface area contributed by atoms with Crippen LogP contribution >= 0.6 is 23.1 Å². The second-order valence-electron chi connectivity index (χ2n) is 8.56. The Balaban J connectivity index is 1.38. The predicted octanol–water partition coefficient (Wildman–Crippen LogP) is -0.144. The van der Waals surface area contributed by atoms with E-state index in [9.17, 15) is 24.6 Å². The third-order valence-corrected chi connectivity index (χ3v) is 8.44. The van der Waals surface area contributed by atoms with Gasteiger partial charge in [-0.05, 0) is 12.1 Å². The van der Waals surface area contributed by atoms with Crippen LogP contribution in [-0.2, 0) is 32.4 Å². The Morgan fingerprint density at radius 1 is 1.39 bits per heavy atom. The van der Waals surface area contributed by atoms with Crippen LogP contribution in [0, 0.1) is 6.92 Å². The van der Waals surface area contributed by atoms with Crippen LogP contribution in [0.4, 0.5) is 5.13 Å². The number of β-lactam (4-membered cyclic amide) rings is 1. The van der Waals surface area contributed by atoms with E-state index < -0.39 is 29.2 Å². The molecule has 0 radical (unpaired) electrons. The van der Waals surface area contributed by atoms with Gasteiger partial charge >= 0.3 is 5.97 Å². The number of aromatic nitrogens is 3. The van der Waals surface area contributed by atoms with Gasteiger partial charge < -0.3 is 30.5 Å². The summed E-state index contributed by atoms with van der Waals surface area (Å²) < 4.78 is 3.78. The van der Waals surface area contributed by atoms with E-state index in [1.165, 1.54) is 23.8 Å². The Bertz CT molecular complexity index is 1530. The van der Waals surface area contributed by atoms with Gasteiger partial charge in [-0.2, -0.15) is 4.57 Å². The molecule has 3 aromatic heterocycles. The van der Waals surface area contributed by atoms with Crippen molar-refractivity contribution in [3.63, 3.8) is 0 Å². The van der Waals surface area contributed by atoms with Gasteiger partial charge in [0.25, 0.3) is 11.8 Å². The number of nitrogens with one attached hydrogen (secondary N) is 1. The first-order valence-corrected chi connectivity index (χ1v) is 13.3. The number of carbonyl (C=O) groups is 3. The highest BCUT2D eigenvalue weighted by atomic mass is 32.2. The fourth-order valence-electron chi connectivity index (χ4n) is 4.58. The van der Waals surface area contributed by atoms with Gasteiger partial charge in [0.1, 0.15) is 35.4 Å². The van der Waals surface area contributed by atoms with E-state index in [1.807, 2.05) is 40.4 Å². The molecule has 2 amide bonds. The summed E-state index contributed by atoms with van der Waals surface area (Å²) in [6.07, 6.45) is 3.62. The second kappa shape index (κ2) is 10.1. The quantitative estimate of drug-likeness (QED) is 0.127. The SMILES string of the molecule is CON=C(C(=O)N[C@@H]1C(=O)N2C(C(=O)O)=C(C[n+]3ccn4c(CO)ccc4c3C)CS[C@@H]12)c1csc(N)n1. The number of fused-ring (bicyclic) bond motifs is 2. The lowest BCUT2D eigenvalue weighted by Crippen LogP contribution is -2.71. The third kappa shape index (κ3) is 4.27. The van der Waals surface area contributed by atoms with Gasteiger partial charge in [-0.1, -0.05) is 5.16 Å². The van der Waals surface area contributed by atoms with Crippen LogP contribution in [0.15, 0.2) is 46.3 Å². The van der Waals surface area contributed by atoms with Crippen LogP contribution in [0.3, 0.4) is 0 Å². The molecule has 3 aromatic rings. The van der Waals surface area contributed by atoms with Gasteiger partial charge in [0.2, 0.25) is 5.69 Å². The Hall–Kier alpha value is -3.95. The van der Waals surface area contributed by atoms with Crippen molar-refractivity contribution in [2.45, 2.75) is 31.5 Å². The number of carboxylic acid groups (broad SMARTS) is 1. The number of aliphatic hydroxyl groups excluding tert-OH is 1. The van der Waals surface area contributed by atoms with Crippen LogP contribution in [0.1, 0.15) is 17.1 Å². The van der Waals surface area contributed by atoms with Crippen molar-refractivity contribution in [1.29, 1.82) is 0 Å². The molecule has 1 saturated heterocycles. The Kier molecular flexibility index (Phi) is 6.81. The highest BCUT2D eigenvalue weighted by molar-refractivity contribution is 8.00. The van der Waals surface area contributed by atoms with Crippen molar-refractivity contribution in [2.24, 2.45) is 5.16 Å². The topological polar surface area (TPSA) is 176 Å². The van der Waals surface area contributed by atoms with E-state index in [-0.39, 0.29) is 35.4 Å². The second-order valence-corrected chi connectivity index (χ2v) is 10.6. The van der Waals surface area contributed by atoms with Gasteiger partial charge in [-0.3, -0.25) is 14.5 Å². The smallest absolute Gasteiger partial charge is 0.352 e. The molecule has 0 saturated carbocycles. The molecule has 0 spiro atoms. The molecule has 0 unspecified atom stereocenters. The molecule has 0 aliphatic carbocycles. The summed E-state index contributed by atoms with van der Waals surface area (Å²) in [6, 6.07) is 2.78. The van der Waals surface area contributed by atoms with E-state index in [0.717, 1.165) is 28.2 Å². The summed E-state index contributed by atoms with van der Waals surface area (Å²) in [5, 5.41) is 27.1. The van der Waals surface area contributed by atoms with Crippen LogP contribution in [0.2, 0.25) is 0 Å². The number of thioether (sulfide) groups is 1. The van der Waals surface area contributed by atoms with Crippen molar-refractivity contribution >= 4 is 57.2 Å². The molecule has 38 heavy (non-hydrogen) atoms. The van der Waals surface area contributed by atoms with E-state index in [4.69, 9.17) is 10.6 Å². The summed E-state index contributed by atoms with van der Waals surface area (Å²) in [5.41, 5.74) is 8.72. The Morgan fingerprint density at radius 3 is 2.84 bits per heavy atom. The number of nitrogen functional groups attached to an aromatic ring is 1. The van der Waals surface area contributed by atoms with E-state index in [0.29, 0.717) is 11.3 Å². The van der Waals surface area contributed by atoms with Crippen molar-refractivity contribution in [3.05, 3.63) is 58.3 Å². The monoisotopic (exact) mass is 558 g/mol. The normalized spacial score (nSPS) is 19.4. The average Bonchev–Trinajstić information content (AvgIpc) is 3.52. The molecule has 13 nitrogen and oxygen atoms in total. The summed E-state index contributed by atoms with van der Waals surface area (Å²) in [5.74, 6) is -2.08. The molecule has 198 valence electrons. The lowest BCUT2D eigenvalue weighted by Gasteiger charge is -2.49. The van der Waals surface area contributed by atoms with Gasteiger partial charge in [0.05, 0.1) is 12.8 Å². The number of aliphatic carboxylic acids is 1. The first-order chi connectivity index (χ1) is 18.2. The van der Waals surface area contributed by atoms with Crippen LogP contribution in [0.25, 0.3) is 5.52 Å². The predicted molar refractivity (Wildman–Crippen MR) is 138 cm³/mol. The highest BCUT2D eigenvalue weighted by Gasteiger charge is 2.55. The number of amides is 2. The first kappa shape index (κ1) is 25.7. The number of thiazole rings is 1.